The van der Waals surface area contributed by atoms with Crippen LogP contribution in [-0.2, 0) is 6.42 Å². The fraction of sp³-hybridized carbons (Fsp3) is 0.133. The maximum absolute atomic E-state index is 11.2. The zero-order valence-corrected chi connectivity index (χ0v) is 12.1. The Balaban J connectivity index is 2.26. The summed E-state index contributed by atoms with van der Waals surface area (Å²) >= 11 is 3.20. The lowest BCUT2D eigenvalue weighted by atomic mass is 10.1. The normalized spacial score (nSPS) is 10.3. The lowest BCUT2D eigenvalue weighted by molar-refractivity contribution is 0.0693. The van der Waals surface area contributed by atoms with E-state index in [2.05, 4.69) is 15.9 Å². The Morgan fingerprint density at radius 2 is 1.85 bits per heavy atom. The maximum Gasteiger partial charge on any atom is 0.340 e. The average molecular weight is 337 g/mol. The highest BCUT2D eigenvalue weighted by Gasteiger charge is 2.15. The van der Waals surface area contributed by atoms with Crippen LogP contribution in [0.5, 0.6) is 11.5 Å². The topological polar surface area (TPSA) is 66.8 Å². The summed E-state index contributed by atoms with van der Waals surface area (Å²) in [4.78, 5) is 11.2. The fourth-order valence-electron chi connectivity index (χ4n) is 1.78. The van der Waals surface area contributed by atoms with Gasteiger partial charge in [0.2, 0.25) is 0 Å². The molecular formula is C15H13BrO4. The van der Waals surface area contributed by atoms with Gasteiger partial charge in [-0.1, -0.05) is 18.2 Å². The smallest absolute Gasteiger partial charge is 0.340 e. The van der Waals surface area contributed by atoms with E-state index in [4.69, 9.17) is 9.84 Å². The molecule has 2 aromatic rings. The van der Waals surface area contributed by atoms with Crippen molar-refractivity contribution in [2.75, 3.05) is 6.61 Å². The molecule has 2 aromatic carbocycles. The number of carbonyl (C=O) groups is 1. The molecule has 0 aliphatic heterocycles. The van der Waals surface area contributed by atoms with Crippen molar-refractivity contribution in [3.8, 4) is 11.5 Å². The average Bonchev–Trinajstić information content (AvgIpc) is 2.41. The molecule has 0 heterocycles. The van der Waals surface area contributed by atoms with Gasteiger partial charge in [0, 0.05) is 11.1 Å². The van der Waals surface area contributed by atoms with Crippen LogP contribution in [0.1, 0.15) is 15.9 Å². The Labute approximate surface area is 124 Å². The molecule has 2 N–H and O–H groups in total. The Hall–Kier alpha value is -1.85. The van der Waals surface area contributed by atoms with E-state index in [0.717, 1.165) is 5.56 Å². The number of benzene rings is 2. The SMILES string of the molecule is O=C(O)c1c(Br)cccc1Oc1ccc(CCO)cc1. The number of aliphatic hydroxyl groups is 1. The minimum absolute atomic E-state index is 0.0898. The van der Waals surface area contributed by atoms with Crippen LogP contribution in [0.2, 0.25) is 0 Å². The highest BCUT2D eigenvalue weighted by Crippen LogP contribution is 2.30. The van der Waals surface area contributed by atoms with E-state index in [1.165, 1.54) is 0 Å². The molecule has 0 spiro atoms. The summed E-state index contributed by atoms with van der Waals surface area (Å²) in [6.07, 6.45) is 0.581. The van der Waals surface area contributed by atoms with Gasteiger partial charge in [0.05, 0.1) is 0 Å². The van der Waals surface area contributed by atoms with E-state index in [1.54, 1.807) is 30.3 Å². The molecule has 0 fully saturated rings. The molecule has 0 unspecified atom stereocenters. The third-order valence-corrected chi connectivity index (χ3v) is 3.40. The van der Waals surface area contributed by atoms with Gasteiger partial charge in [-0.15, -0.1) is 0 Å². The number of halogens is 1. The Morgan fingerprint density at radius 3 is 2.45 bits per heavy atom. The van der Waals surface area contributed by atoms with Gasteiger partial charge in [-0.2, -0.15) is 0 Å². The minimum atomic E-state index is -1.05. The van der Waals surface area contributed by atoms with Crippen LogP contribution in [0.15, 0.2) is 46.9 Å². The molecule has 0 saturated heterocycles. The number of carboxylic acid groups (broad SMARTS) is 1. The quantitative estimate of drug-likeness (QED) is 0.877. The van der Waals surface area contributed by atoms with Gasteiger partial charge in [-0.3, -0.25) is 0 Å². The summed E-state index contributed by atoms with van der Waals surface area (Å²) in [6, 6.07) is 12.1. The van der Waals surface area contributed by atoms with Crippen LogP contribution in [0.3, 0.4) is 0 Å². The number of rotatable bonds is 5. The monoisotopic (exact) mass is 336 g/mol. The van der Waals surface area contributed by atoms with Crippen LogP contribution >= 0.6 is 15.9 Å². The number of carboxylic acids is 1. The fourth-order valence-corrected chi connectivity index (χ4v) is 2.29. The lowest BCUT2D eigenvalue weighted by Crippen LogP contribution is -2.01. The number of hydrogen-bond donors (Lipinski definition) is 2. The third kappa shape index (κ3) is 3.37. The zero-order valence-electron chi connectivity index (χ0n) is 10.5. The van der Waals surface area contributed by atoms with Gasteiger partial charge in [-0.25, -0.2) is 4.79 Å². The second kappa shape index (κ2) is 6.54. The molecule has 0 bridgehead atoms. The van der Waals surface area contributed by atoms with Gasteiger partial charge in [0.15, 0.2) is 0 Å². The van der Waals surface area contributed by atoms with Crippen LogP contribution in [0.4, 0.5) is 0 Å². The molecule has 4 nitrogen and oxygen atoms in total. The number of ether oxygens (including phenoxy) is 1. The van der Waals surface area contributed by atoms with Crippen LogP contribution in [0.25, 0.3) is 0 Å². The van der Waals surface area contributed by atoms with Gasteiger partial charge in [0.25, 0.3) is 0 Å². The van der Waals surface area contributed by atoms with E-state index >= 15 is 0 Å². The zero-order chi connectivity index (χ0) is 14.5. The summed E-state index contributed by atoms with van der Waals surface area (Å²) in [5.74, 6) is -0.224. The Kier molecular flexibility index (Phi) is 4.76. The van der Waals surface area contributed by atoms with Crippen molar-refractivity contribution in [1.29, 1.82) is 0 Å². The first kappa shape index (κ1) is 14.6. The van der Waals surface area contributed by atoms with Crippen molar-refractivity contribution in [3.05, 3.63) is 58.1 Å². The highest BCUT2D eigenvalue weighted by molar-refractivity contribution is 9.10. The summed E-state index contributed by atoms with van der Waals surface area (Å²) in [6.45, 7) is 0.0923. The van der Waals surface area contributed by atoms with Crippen LogP contribution in [-0.4, -0.2) is 22.8 Å². The summed E-state index contributed by atoms with van der Waals surface area (Å²) < 4.78 is 6.08. The summed E-state index contributed by atoms with van der Waals surface area (Å²) in [5, 5.41) is 18.1. The van der Waals surface area contributed by atoms with Crippen molar-refractivity contribution in [2.24, 2.45) is 0 Å². The molecule has 0 aromatic heterocycles. The van der Waals surface area contributed by atoms with Gasteiger partial charge in [0.1, 0.15) is 17.1 Å². The van der Waals surface area contributed by atoms with Gasteiger partial charge in [-0.05, 0) is 52.2 Å². The second-order valence-corrected chi connectivity index (χ2v) is 4.99. The molecule has 104 valence electrons. The second-order valence-electron chi connectivity index (χ2n) is 4.14. The van der Waals surface area contributed by atoms with Crippen molar-refractivity contribution in [2.45, 2.75) is 6.42 Å². The Bertz CT molecular complexity index is 608. The predicted molar refractivity (Wildman–Crippen MR) is 78.4 cm³/mol. The molecule has 0 atom stereocenters. The first-order valence-electron chi connectivity index (χ1n) is 6.01. The molecule has 0 amide bonds. The molecule has 5 heteroatoms. The molecule has 0 saturated carbocycles. The Morgan fingerprint density at radius 1 is 1.15 bits per heavy atom. The van der Waals surface area contributed by atoms with Crippen LogP contribution in [0, 0.1) is 0 Å². The molecule has 20 heavy (non-hydrogen) atoms. The molecule has 0 aliphatic carbocycles. The highest BCUT2D eigenvalue weighted by atomic mass is 79.9. The summed E-state index contributed by atoms with van der Waals surface area (Å²) in [5.41, 5.74) is 1.08. The number of hydrogen-bond acceptors (Lipinski definition) is 3. The van der Waals surface area contributed by atoms with Crippen molar-refractivity contribution in [3.63, 3.8) is 0 Å². The standard InChI is InChI=1S/C15H13BrO4/c16-12-2-1-3-13(14(12)15(18)19)20-11-6-4-10(5-7-11)8-9-17/h1-7,17H,8-9H2,(H,18,19). The van der Waals surface area contributed by atoms with E-state index in [0.29, 0.717) is 16.6 Å². The summed E-state index contributed by atoms with van der Waals surface area (Å²) in [7, 11) is 0. The van der Waals surface area contributed by atoms with E-state index < -0.39 is 5.97 Å². The maximum atomic E-state index is 11.2. The van der Waals surface area contributed by atoms with Crippen molar-refractivity contribution >= 4 is 21.9 Å². The minimum Gasteiger partial charge on any atom is -0.478 e. The van der Waals surface area contributed by atoms with Crippen molar-refractivity contribution < 1.29 is 19.7 Å². The first-order chi connectivity index (χ1) is 9.61. The predicted octanol–water partition coefficient (Wildman–Crippen LogP) is 3.47. The lowest BCUT2D eigenvalue weighted by Gasteiger charge is -2.10. The molecule has 0 radical (unpaired) electrons. The van der Waals surface area contributed by atoms with Crippen molar-refractivity contribution in [1.82, 2.24) is 0 Å². The van der Waals surface area contributed by atoms with Gasteiger partial charge >= 0.3 is 5.97 Å². The molecular weight excluding hydrogens is 324 g/mol. The van der Waals surface area contributed by atoms with E-state index in [1.807, 2.05) is 12.1 Å². The van der Waals surface area contributed by atoms with E-state index in [-0.39, 0.29) is 17.9 Å². The van der Waals surface area contributed by atoms with E-state index in [9.17, 15) is 9.90 Å². The molecule has 0 aliphatic rings. The molecule has 2 rings (SSSR count). The van der Waals surface area contributed by atoms with Gasteiger partial charge < -0.3 is 14.9 Å². The third-order valence-electron chi connectivity index (χ3n) is 2.74. The largest absolute Gasteiger partial charge is 0.478 e. The number of aromatic carboxylic acids is 1. The van der Waals surface area contributed by atoms with Crippen LogP contribution < -0.4 is 4.74 Å². The number of aliphatic hydroxyl groups excluding tert-OH is 1. The first-order valence-corrected chi connectivity index (χ1v) is 6.80.